The minimum atomic E-state index is -0.669. The first-order chi connectivity index (χ1) is 22.6. The Labute approximate surface area is 283 Å². The van der Waals surface area contributed by atoms with Crippen LogP contribution in [0.25, 0.3) is 32.9 Å². The number of phenols is 1. The third-order valence-corrected chi connectivity index (χ3v) is 10.2. The number of fused-ring (bicyclic) bond motifs is 4. The second-order valence-corrected chi connectivity index (χ2v) is 13.6. The molecule has 1 aliphatic carbocycles. The third kappa shape index (κ3) is 6.72. The summed E-state index contributed by atoms with van der Waals surface area (Å²) in [4.78, 5) is 24.8. The number of benzene rings is 2. The lowest BCUT2D eigenvalue weighted by atomic mass is 9.87. The molecule has 248 valence electrons. The molecule has 5 heterocycles. The maximum absolute atomic E-state index is 16.5. The van der Waals surface area contributed by atoms with Crippen molar-refractivity contribution < 1.29 is 19.0 Å². The number of hydrogen-bond acceptors (Lipinski definition) is 7. The molecular formula is C35H39Cl2FN6O3. The van der Waals surface area contributed by atoms with E-state index in [1.165, 1.54) is 31.5 Å². The number of pyridine rings is 1. The van der Waals surface area contributed by atoms with Gasteiger partial charge >= 0.3 is 0 Å². The number of nitrogens with zero attached hydrogens (tertiary/aromatic N) is 4. The third-order valence-electron chi connectivity index (χ3n) is 9.35. The van der Waals surface area contributed by atoms with Gasteiger partial charge in [-0.3, -0.25) is 9.69 Å². The summed E-state index contributed by atoms with van der Waals surface area (Å²) >= 11 is 12.7. The Kier molecular flexibility index (Phi) is 9.81. The van der Waals surface area contributed by atoms with Crippen LogP contribution in [0.2, 0.25) is 10.0 Å². The summed E-state index contributed by atoms with van der Waals surface area (Å²) in [6, 6.07) is 9.65. The van der Waals surface area contributed by atoms with E-state index >= 15 is 4.39 Å². The first-order valence-corrected chi connectivity index (χ1v) is 16.9. The molecular weight excluding hydrogens is 642 g/mol. The summed E-state index contributed by atoms with van der Waals surface area (Å²) in [5.74, 6) is 0.542. The number of halogens is 3. The summed E-state index contributed by atoms with van der Waals surface area (Å²) in [6.45, 7) is 9.72. The lowest BCUT2D eigenvalue weighted by molar-refractivity contribution is -0.137. The molecule has 12 heteroatoms. The first-order valence-electron chi connectivity index (χ1n) is 16.2. The lowest BCUT2D eigenvalue weighted by Gasteiger charge is -2.36. The zero-order valence-electron chi connectivity index (χ0n) is 26.8. The number of amides is 1. The number of hydrogen-bond donors (Lipinski definition) is 3. The second-order valence-electron chi connectivity index (χ2n) is 12.8. The maximum Gasteiger partial charge on any atom is 0.237 e. The average Bonchev–Trinajstić information content (AvgIpc) is 3.78. The molecule has 3 saturated heterocycles. The monoisotopic (exact) mass is 680 g/mol. The molecule has 0 unspecified atom stereocenters. The quantitative estimate of drug-likeness (QED) is 0.187. The lowest BCUT2D eigenvalue weighted by Crippen LogP contribution is -2.51. The van der Waals surface area contributed by atoms with Gasteiger partial charge in [0.05, 0.1) is 46.7 Å². The number of phenolic OH excluding ortho intramolecular Hbond substituents is 1. The number of piperazine rings is 1. The van der Waals surface area contributed by atoms with Crippen LogP contribution < -0.4 is 10.1 Å². The number of H-pyrrole nitrogens is 1. The van der Waals surface area contributed by atoms with E-state index in [4.69, 9.17) is 27.9 Å². The van der Waals surface area contributed by atoms with E-state index in [-0.39, 0.29) is 57.1 Å². The molecule has 4 aromatic rings. The fraction of sp³-hybridized carbons (Fsp3) is 0.457. The molecule has 0 atom stereocenters. The number of carbonyl (C=O) groups is 1. The van der Waals surface area contributed by atoms with Gasteiger partial charge in [-0.05, 0) is 76.3 Å². The molecule has 0 radical (unpaired) electrons. The van der Waals surface area contributed by atoms with Crippen molar-refractivity contribution >= 4 is 50.9 Å². The number of aryl methyl sites for hydroxylation is 1. The highest BCUT2D eigenvalue weighted by Crippen LogP contribution is 2.43. The highest BCUT2D eigenvalue weighted by molar-refractivity contribution is 6.44. The molecule has 1 amide bonds. The Bertz CT molecular complexity index is 1850. The van der Waals surface area contributed by atoms with Gasteiger partial charge in [-0.15, -0.1) is 0 Å². The van der Waals surface area contributed by atoms with Crippen molar-refractivity contribution in [3.05, 3.63) is 51.4 Å². The summed E-state index contributed by atoms with van der Waals surface area (Å²) in [5, 5.41) is 24.2. The van der Waals surface area contributed by atoms with E-state index < -0.39 is 5.82 Å². The zero-order chi connectivity index (χ0) is 33.4. The van der Waals surface area contributed by atoms with Gasteiger partial charge in [0.1, 0.15) is 11.3 Å². The molecule has 2 aromatic carbocycles. The van der Waals surface area contributed by atoms with E-state index in [2.05, 4.69) is 40.1 Å². The summed E-state index contributed by atoms with van der Waals surface area (Å²) in [5.41, 5.74) is 2.27. The molecule has 47 heavy (non-hydrogen) atoms. The van der Waals surface area contributed by atoms with Gasteiger partial charge in [0.25, 0.3) is 0 Å². The number of aromatic hydroxyl groups is 1. The van der Waals surface area contributed by atoms with Gasteiger partial charge in [-0.2, -0.15) is 5.26 Å². The number of aromatic amines is 1. The summed E-state index contributed by atoms with van der Waals surface area (Å²) in [7, 11) is 0. The van der Waals surface area contributed by atoms with Crippen molar-refractivity contribution in [3.63, 3.8) is 0 Å². The Hall–Kier alpha value is -3.62. The predicted octanol–water partition coefficient (Wildman–Crippen LogP) is 6.81. The SMILES string of the molecule is C1NC2CC1C2.CCOc1nc2c(F)c(-c3cc(O)cc(Cl)c3Cl)c(CCC#N)cc2c2[nH]c(CN3CCN(C(C)C)CC3=O)cc12. The van der Waals surface area contributed by atoms with Crippen molar-refractivity contribution in [2.45, 2.75) is 65.1 Å². The van der Waals surface area contributed by atoms with Gasteiger partial charge in [-0.25, -0.2) is 9.37 Å². The zero-order valence-corrected chi connectivity index (χ0v) is 28.3. The van der Waals surface area contributed by atoms with Crippen LogP contribution in [0.15, 0.2) is 24.3 Å². The molecule has 3 aliphatic heterocycles. The summed E-state index contributed by atoms with van der Waals surface area (Å²) < 4.78 is 22.3. The molecule has 0 spiro atoms. The van der Waals surface area contributed by atoms with Gasteiger partial charge < -0.3 is 25.0 Å². The van der Waals surface area contributed by atoms with Crippen LogP contribution >= 0.6 is 23.2 Å². The van der Waals surface area contributed by atoms with Crippen LogP contribution in [0, 0.1) is 23.1 Å². The molecule has 2 aromatic heterocycles. The largest absolute Gasteiger partial charge is 0.508 e. The molecule has 3 N–H and O–H groups in total. The topological polar surface area (TPSA) is 118 Å². The molecule has 2 bridgehead atoms. The van der Waals surface area contributed by atoms with Crippen molar-refractivity contribution in [1.29, 1.82) is 5.26 Å². The highest BCUT2D eigenvalue weighted by atomic mass is 35.5. The number of rotatable bonds is 8. The van der Waals surface area contributed by atoms with Gasteiger partial charge in [-0.1, -0.05) is 23.2 Å². The molecule has 1 saturated carbocycles. The highest BCUT2D eigenvalue weighted by Gasteiger charge is 2.35. The van der Waals surface area contributed by atoms with Crippen LogP contribution in [0.1, 0.15) is 51.3 Å². The smallest absolute Gasteiger partial charge is 0.237 e. The summed E-state index contributed by atoms with van der Waals surface area (Å²) in [6.07, 6.45) is 3.31. The van der Waals surface area contributed by atoms with E-state index in [0.29, 0.717) is 54.1 Å². The second kappa shape index (κ2) is 13.9. The van der Waals surface area contributed by atoms with Crippen molar-refractivity contribution in [2.75, 3.05) is 32.8 Å². The van der Waals surface area contributed by atoms with Gasteiger partial charge in [0, 0.05) is 59.9 Å². The van der Waals surface area contributed by atoms with E-state index in [1.54, 1.807) is 6.07 Å². The number of aromatic nitrogens is 2. The van der Waals surface area contributed by atoms with Crippen molar-refractivity contribution in [2.24, 2.45) is 5.92 Å². The number of nitriles is 1. The van der Waals surface area contributed by atoms with Crippen molar-refractivity contribution in [1.82, 2.24) is 25.1 Å². The van der Waals surface area contributed by atoms with Crippen LogP contribution in [0.3, 0.4) is 0 Å². The Balaban J connectivity index is 0.000000570. The average molecular weight is 682 g/mol. The normalized spacial score (nSPS) is 19.2. The molecule has 4 aliphatic rings. The fourth-order valence-corrected chi connectivity index (χ4v) is 7.17. The molecule has 8 rings (SSSR count). The van der Waals surface area contributed by atoms with Gasteiger partial charge in [0.2, 0.25) is 11.8 Å². The maximum atomic E-state index is 16.5. The van der Waals surface area contributed by atoms with E-state index in [0.717, 1.165) is 24.2 Å². The predicted molar refractivity (Wildman–Crippen MR) is 182 cm³/mol. The standard InChI is InChI=1S/C30H30Cl2FN5O3.C5H9N/c1-4-41-30-22-11-18(14-38-9-8-37(16(2)3)15-24(38)40)35-28(22)21-10-17(6-5-7-34)25(27(33)29(21)36-30)20-12-19(39)13-23(31)26(20)32;1-4-2-5(1)6-3-4/h10-13,16,35,39H,4-6,8-9,14-15H2,1-3H3;4-6H,1-3H2. The Morgan fingerprint density at radius 1 is 1.19 bits per heavy atom. The Morgan fingerprint density at radius 3 is 2.60 bits per heavy atom. The van der Waals surface area contributed by atoms with Crippen molar-refractivity contribution in [3.8, 4) is 28.8 Å². The van der Waals surface area contributed by atoms with Crippen LogP contribution in [-0.2, 0) is 17.8 Å². The van der Waals surface area contributed by atoms with Crippen LogP contribution in [0.4, 0.5) is 4.39 Å². The Morgan fingerprint density at radius 2 is 1.98 bits per heavy atom. The number of nitrogens with one attached hydrogen (secondary N) is 2. The van der Waals surface area contributed by atoms with Crippen LogP contribution in [0.5, 0.6) is 11.6 Å². The number of ether oxygens (including phenoxy) is 1. The van der Waals surface area contributed by atoms with E-state index in [9.17, 15) is 15.2 Å². The minimum absolute atomic E-state index is 0.0437. The minimum Gasteiger partial charge on any atom is -0.508 e. The molecule has 4 fully saturated rings. The van der Waals surface area contributed by atoms with Crippen LogP contribution in [-0.4, -0.2) is 75.7 Å². The van der Waals surface area contributed by atoms with E-state index in [1.807, 2.05) is 17.9 Å². The first kappa shape index (κ1) is 33.3. The number of carbonyl (C=O) groups excluding carboxylic acids is 1. The molecule has 9 nitrogen and oxygen atoms in total. The van der Waals surface area contributed by atoms with Gasteiger partial charge in [0.15, 0.2) is 5.82 Å². The fourth-order valence-electron chi connectivity index (χ4n) is 6.76.